The van der Waals surface area contributed by atoms with Crippen LogP contribution in [0.3, 0.4) is 0 Å². The number of benzene rings is 1. The minimum atomic E-state index is 0.701. The molecular weight excluding hydrogens is 210 g/mol. The van der Waals surface area contributed by atoms with Crippen LogP contribution in [0.5, 0.6) is 0 Å². The second kappa shape index (κ2) is 4.45. The molecule has 0 aliphatic carbocycles. The molecule has 0 aliphatic heterocycles. The normalized spacial score (nSPS) is 10.3. The lowest BCUT2D eigenvalue weighted by Gasteiger charge is -2.13. The number of pyridine rings is 1. The van der Waals surface area contributed by atoms with Crippen molar-refractivity contribution >= 4 is 17.1 Å². The number of rotatable bonds is 2. The number of hydrogen-bond acceptors (Lipinski definition) is 3. The molecule has 0 radical (unpaired) electrons. The first-order chi connectivity index (χ1) is 8.08. The second-order valence-corrected chi connectivity index (χ2v) is 4.30. The zero-order chi connectivity index (χ0) is 12.4. The Morgan fingerprint density at radius 2 is 1.82 bits per heavy atom. The summed E-state index contributed by atoms with van der Waals surface area (Å²) in [7, 11) is 0. The lowest BCUT2D eigenvalue weighted by atomic mass is 10.1. The maximum absolute atomic E-state index is 5.99. The minimum Gasteiger partial charge on any atom is -0.396 e. The Bertz CT molecular complexity index is 547. The predicted molar refractivity (Wildman–Crippen MR) is 72.6 cm³/mol. The third kappa shape index (κ3) is 2.38. The summed E-state index contributed by atoms with van der Waals surface area (Å²) in [5, 5.41) is 3.34. The van der Waals surface area contributed by atoms with Crippen molar-refractivity contribution in [3.8, 4) is 0 Å². The molecule has 0 unspecified atom stereocenters. The van der Waals surface area contributed by atoms with Crippen molar-refractivity contribution in [2.24, 2.45) is 0 Å². The molecule has 3 N–H and O–H groups in total. The topological polar surface area (TPSA) is 50.9 Å². The molecule has 3 nitrogen and oxygen atoms in total. The van der Waals surface area contributed by atoms with E-state index in [1.165, 1.54) is 11.1 Å². The second-order valence-electron chi connectivity index (χ2n) is 4.30. The molecule has 0 fully saturated rings. The fourth-order valence-electron chi connectivity index (χ4n) is 1.79. The van der Waals surface area contributed by atoms with E-state index in [0.29, 0.717) is 5.69 Å². The number of aromatic nitrogens is 1. The number of nitrogen functional groups attached to an aromatic ring is 1. The van der Waals surface area contributed by atoms with Gasteiger partial charge in [0.2, 0.25) is 0 Å². The highest BCUT2D eigenvalue weighted by Gasteiger charge is 2.04. The lowest BCUT2D eigenvalue weighted by molar-refractivity contribution is 1.20. The van der Waals surface area contributed by atoms with Crippen LogP contribution in [0.15, 0.2) is 30.5 Å². The highest BCUT2D eigenvalue weighted by Crippen LogP contribution is 2.26. The van der Waals surface area contributed by atoms with Crippen molar-refractivity contribution in [3.05, 3.63) is 47.3 Å². The standard InChI is InChI=1S/C14H17N3/c1-9-4-5-12(10(2)8-9)17-13-6-7-16-11(3)14(13)15/h4-8H,15H2,1-3H3,(H,16,17). The molecule has 1 aromatic carbocycles. The molecule has 88 valence electrons. The van der Waals surface area contributed by atoms with E-state index in [1.54, 1.807) is 6.20 Å². The molecular formula is C14H17N3. The van der Waals surface area contributed by atoms with Crippen molar-refractivity contribution < 1.29 is 0 Å². The van der Waals surface area contributed by atoms with Gasteiger partial charge in [-0.25, -0.2) is 0 Å². The van der Waals surface area contributed by atoms with E-state index in [-0.39, 0.29) is 0 Å². The average Bonchev–Trinajstić information content (AvgIpc) is 2.28. The quantitative estimate of drug-likeness (QED) is 0.827. The van der Waals surface area contributed by atoms with Crippen LogP contribution in [0.25, 0.3) is 0 Å². The summed E-state index contributed by atoms with van der Waals surface area (Å²) in [6, 6.07) is 8.19. The van der Waals surface area contributed by atoms with Crippen LogP contribution in [-0.2, 0) is 0 Å². The summed E-state index contributed by atoms with van der Waals surface area (Å²) < 4.78 is 0. The molecule has 17 heavy (non-hydrogen) atoms. The number of hydrogen-bond donors (Lipinski definition) is 2. The van der Waals surface area contributed by atoms with E-state index < -0.39 is 0 Å². The van der Waals surface area contributed by atoms with Crippen LogP contribution < -0.4 is 11.1 Å². The van der Waals surface area contributed by atoms with Crippen molar-refractivity contribution in [1.82, 2.24) is 4.98 Å². The summed E-state index contributed by atoms with van der Waals surface area (Å²) in [5.41, 5.74) is 12.0. The molecule has 2 rings (SSSR count). The summed E-state index contributed by atoms with van der Waals surface area (Å²) >= 11 is 0. The van der Waals surface area contributed by atoms with E-state index in [0.717, 1.165) is 17.1 Å². The number of nitrogens with zero attached hydrogens (tertiary/aromatic N) is 1. The molecule has 0 atom stereocenters. The van der Waals surface area contributed by atoms with Gasteiger partial charge in [0.1, 0.15) is 0 Å². The van der Waals surface area contributed by atoms with Crippen molar-refractivity contribution in [2.45, 2.75) is 20.8 Å². The van der Waals surface area contributed by atoms with E-state index >= 15 is 0 Å². The van der Waals surface area contributed by atoms with Gasteiger partial charge in [-0.1, -0.05) is 17.7 Å². The van der Waals surface area contributed by atoms with Crippen LogP contribution in [0.1, 0.15) is 16.8 Å². The van der Waals surface area contributed by atoms with E-state index in [1.807, 2.05) is 13.0 Å². The van der Waals surface area contributed by atoms with Gasteiger partial charge in [0, 0.05) is 11.9 Å². The average molecular weight is 227 g/mol. The van der Waals surface area contributed by atoms with Crippen LogP contribution in [0.4, 0.5) is 17.1 Å². The Kier molecular flexibility index (Phi) is 3.00. The third-order valence-corrected chi connectivity index (χ3v) is 2.84. The molecule has 0 saturated carbocycles. The lowest BCUT2D eigenvalue weighted by Crippen LogP contribution is -2.01. The number of nitrogens with one attached hydrogen (secondary N) is 1. The van der Waals surface area contributed by atoms with Gasteiger partial charge in [-0.15, -0.1) is 0 Å². The minimum absolute atomic E-state index is 0.701. The first kappa shape index (κ1) is 11.5. The van der Waals surface area contributed by atoms with Gasteiger partial charge in [0.15, 0.2) is 0 Å². The maximum atomic E-state index is 5.99. The van der Waals surface area contributed by atoms with Gasteiger partial charge >= 0.3 is 0 Å². The fraction of sp³-hybridized carbons (Fsp3) is 0.214. The monoisotopic (exact) mass is 227 g/mol. The Morgan fingerprint density at radius 3 is 2.53 bits per heavy atom. The molecule has 3 heteroatoms. The summed E-state index contributed by atoms with van der Waals surface area (Å²) in [4.78, 5) is 4.15. The van der Waals surface area contributed by atoms with Crippen LogP contribution >= 0.6 is 0 Å². The van der Waals surface area contributed by atoms with Crippen LogP contribution in [0, 0.1) is 20.8 Å². The largest absolute Gasteiger partial charge is 0.396 e. The highest BCUT2D eigenvalue weighted by molar-refractivity contribution is 5.74. The third-order valence-electron chi connectivity index (χ3n) is 2.84. The molecule has 0 aliphatic rings. The Labute approximate surface area is 102 Å². The van der Waals surface area contributed by atoms with E-state index in [2.05, 4.69) is 42.3 Å². The predicted octanol–water partition coefficient (Wildman–Crippen LogP) is 3.33. The van der Waals surface area contributed by atoms with Gasteiger partial charge in [0.05, 0.1) is 17.1 Å². The molecule has 2 aromatic rings. The molecule has 0 amide bonds. The first-order valence-corrected chi connectivity index (χ1v) is 5.63. The van der Waals surface area contributed by atoms with Crippen LogP contribution in [-0.4, -0.2) is 4.98 Å². The van der Waals surface area contributed by atoms with Crippen molar-refractivity contribution in [1.29, 1.82) is 0 Å². The summed E-state index contributed by atoms with van der Waals surface area (Å²) in [6.07, 6.45) is 1.76. The highest BCUT2D eigenvalue weighted by atomic mass is 14.9. The Morgan fingerprint density at radius 1 is 1.06 bits per heavy atom. The van der Waals surface area contributed by atoms with Gasteiger partial charge in [-0.3, -0.25) is 4.98 Å². The summed E-state index contributed by atoms with van der Waals surface area (Å²) in [5.74, 6) is 0. The van der Waals surface area contributed by atoms with E-state index in [9.17, 15) is 0 Å². The molecule has 1 heterocycles. The zero-order valence-electron chi connectivity index (χ0n) is 10.4. The molecule has 1 aromatic heterocycles. The zero-order valence-corrected chi connectivity index (χ0v) is 10.4. The van der Waals surface area contributed by atoms with Gasteiger partial charge < -0.3 is 11.1 Å². The SMILES string of the molecule is Cc1ccc(Nc2ccnc(C)c2N)c(C)c1. The Hall–Kier alpha value is -2.03. The Balaban J connectivity index is 2.35. The van der Waals surface area contributed by atoms with Crippen molar-refractivity contribution in [2.75, 3.05) is 11.1 Å². The smallest absolute Gasteiger partial charge is 0.0769 e. The first-order valence-electron chi connectivity index (χ1n) is 5.63. The number of aryl methyl sites for hydroxylation is 3. The molecule has 0 spiro atoms. The van der Waals surface area contributed by atoms with Gasteiger partial charge in [0.25, 0.3) is 0 Å². The summed E-state index contributed by atoms with van der Waals surface area (Å²) in [6.45, 7) is 6.07. The van der Waals surface area contributed by atoms with Gasteiger partial charge in [-0.05, 0) is 38.5 Å². The molecule has 0 bridgehead atoms. The fourth-order valence-corrected chi connectivity index (χ4v) is 1.79. The van der Waals surface area contributed by atoms with Crippen LogP contribution in [0.2, 0.25) is 0 Å². The van der Waals surface area contributed by atoms with Crippen molar-refractivity contribution in [3.63, 3.8) is 0 Å². The van der Waals surface area contributed by atoms with E-state index in [4.69, 9.17) is 5.73 Å². The van der Waals surface area contributed by atoms with Gasteiger partial charge in [-0.2, -0.15) is 0 Å². The molecule has 0 saturated heterocycles. The maximum Gasteiger partial charge on any atom is 0.0769 e. The number of nitrogens with two attached hydrogens (primary N) is 1. The number of anilines is 3.